The molecule has 1 N–H and O–H groups in total. The van der Waals surface area contributed by atoms with Crippen molar-refractivity contribution in [2.24, 2.45) is 5.10 Å². The zero-order chi connectivity index (χ0) is 22.5. The third kappa shape index (κ3) is 3.08. The van der Waals surface area contributed by atoms with Gasteiger partial charge in [0.2, 0.25) is 5.91 Å². The maximum Gasteiger partial charge on any atom is 0.266 e. The number of ether oxygens (including phenoxy) is 1. The summed E-state index contributed by atoms with van der Waals surface area (Å²) in [6, 6.07) is 19.3. The van der Waals surface area contributed by atoms with Gasteiger partial charge in [0, 0.05) is 28.6 Å². The lowest BCUT2D eigenvalue weighted by molar-refractivity contribution is -0.157. The van der Waals surface area contributed by atoms with E-state index in [-0.39, 0.29) is 18.4 Å². The van der Waals surface area contributed by atoms with Crippen LogP contribution in [-0.4, -0.2) is 52.6 Å². The zero-order valence-corrected chi connectivity index (χ0v) is 18.1. The monoisotopic (exact) mass is 438 g/mol. The van der Waals surface area contributed by atoms with Crippen LogP contribution in [0.3, 0.4) is 0 Å². The van der Waals surface area contributed by atoms with Gasteiger partial charge >= 0.3 is 0 Å². The second kappa shape index (κ2) is 7.48. The maximum atomic E-state index is 13.4. The Labute approximate surface area is 190 Å². The molecular weight excluding hydrogens is 416 g/mol. The van der Waals surface area contributed by atoms with E-state index in [1.54, 1.807) is 18.2 Å². The van der Waals surface area contributed by atoms with Gasteiger partial charge in [-0.1, -0.05) is 48.5 Å². The van der Waals surface area contributed by atoms with Gasteiger partial charge in [-0.25, -0.2) is 5.01 Å². The van der Waals surface area contributed by atoms with Crippen molar-refractivity contribution in [2.75, 3.05) is 13.7 Å². The van der Waals surface area contributed by atoms with Gasteiger partial charge in [-0.05, 0) is 28.5 Å². The van der Waals surface area contributed by atoms with Crippen LogP contribution in [-0.2, 0) is 22.6 Å². The lowest BCUT2D eigenvalue weighted by Gasteiger charge is -2.40. The smallest absolute Gasteiger partial charge is 0.266 e. The fourth-order valence-electron chi connectivity index (χ4n) is 4.97. The maximum absolute atomic E-state index is 13.4. The summed E-state index contributed by atoms with van der Waals surface area (Å²) in [7, 11) is 1.61. The number of benzene rings is 3. The SMILES string of the molecule is COc1ccc2ccccc2c1C=NN1CC(=O)N2Cc3[nH]c4ccccc4c3CC2C1=O. The molecule has 1 unspecified atom stereocenters. The number of piperazine rings is 1. The van der Waals surface area contributed by atoms with Crippen LogP contribution in [0.15, 0.2) is 65.8 Å². The molecule has 0 radical (unpaired) electrons. The number of aromatic nitrogens is 1. The Balaban J connectivity index is 1.34. The molecule has 0 bridgehead atoms. The summed E-state index contributed by atoms with van der Waals surface area (Å²) in [5.74, 6) is 0.392. The molecule has 164 valence electrons. The van der Waals surface area contributed by atoms with E-state index in [1.165, 1.54) is 5.01 Å². The molecule has 7 nitrogen and oxygen atoms in total. The lowest BCUT2D eigenvalue weighted by atomic mass is 9.94. The molecule has 0 aliphatic carbocycles. The molecule has 4 aromatic rings. The highest BCUT2D eigenvalue weighted by molar-refractivity contribution is 6.03. The van der Waals surface area contributed by atoms with Crippen LogP contribution in [0.25, 0.3) is 21.7 Å². The van der Waals surface area contributed by atoms with Crippen LogP contribution in [0.2, 0.25) is 0 Å². The molecule has 3 heterocycles. The summed E-state index contributed by atoms with van der Waals surface area (Å²) in [6.07, 6.45) is 2.11. The molecule has 0 saturated carbocycles. The molecule has 3 aromatic carbocycles. The summed E-state index contributed by atoms with van der Waals surface area (Å²) in [5, 5.41) is 8.88. The van der Waals surface area contributed by atoms with E-state index in [9.17, 15) is 9.59 Å². The normalized spacial score (nSPS) is 18.3. The van der Waals surface area contributed by atoms with Crippen LogP contribution >= 0.6 is 0 Å². The van der Waals surface area contributed by atoms with E-state index in [2.05, 4.69) is 16.2 Å². The van der Waals surface area contributed by atoms with E-state index in [0.717, 1.165) is 38.5 Å². The molecule has 2 aliphatic rings. The molecule has 33 heavy (non-hydrogen) atoms. The number of rotatable bonds is 3. The van der Waals surface area contributed by atoms with Crippen LogP contribution in [0.5, 0.6) is 5.75 Å². The zero-order valence-electron chi connectivity index (χ0n) is 18.1. The van der Waals surface area contributed by atoms with Gasteiger partial charge in [-0.2, -0.15) is 5.10 Å². The van der Waals surface area contributed by atoms with Crippen LogP contribution in [0, 0.1) is 0 Å². The van der Waals surface area contributed by atoms with Crippen molar-refractivity contribution in [2.45, 2.75) is 19.0 Å². The Hall–Kier alpha value is -4.13. The predicted octanol–water partition coefficient (Wildman–Crippen LogP) is 3.46. The van der Waals surface area contributed by atoms with Crippen molar-refractivity contribution in [3.05, 3.63) is 77.5 Å². The summed E-state index contributed by atoms with van der Waals surface area (Å²) in [4.78, 5) is 31.4. The molecule has 1 fully saturated rings. The van der Waals surface area contributed by atoms with Gasteiger partial charge in [0.15, 0.2) is 0 Å². The number of methoxy groups -OCH3 is 1. The number of nitrogens with one attached hydrogen (secondary N) is 1. The molecule has 2 amide bonds. The number of hydrazone groups is 1. The number of carbonyl (C=O) groups is 2. The van der Waals surface area contributed by atoms with E-state index in [0.29, 0.717) is 18.7 Å². The second-order valence-electron chi connectivity index (χ2n) is 8.41. The minimum absolute atomic E-state index is 0.0749. The molecule has 1 aromatic heterocycles. The second-order valence-corrected chi connectivity index (χ2v) is 8.41. The van der Waals surface area contributed by atoms with Crippen LogP contribution < -0.4 is 4.74 Å². The summed E-state index contributed by atoms with van der Waals surface area (Å²) in [5.41, 5.74) is 3.92. The minimum atomic E-state index is -0.551. The van der Waals surface area contributed by atoms with E-state index < -0.39 is 6.04 Å². The summed E-state index contributed by atoms with van der Waals surface area (Å²) in [6.45, 7) is 0.336. The Morgan fingerprint density at radius 1 is 1.00 bits per heavy atom. The number of carbonyl (C=O) groups excluding carboxylic acids is 2. The van der Waals surface area contributed by atoms with Gasteiger partial charge < -0.3 is 14.6 Å². The molecule has 1 saturated heterocycles. The number of fused-ring (bicyclic) bond motifs is 5. The fourth-order valence-corrected chi connectivity index (χ4v) is 4.97. The Morgan fingerprint density at radius 3 is 2.64 bits per heavy atom. The number of aromatic amines is 1. The first-order valence-electron chi connectivity index (χ1n) is 10.9. The number of para-hydroxylation sites is 1. The molecule has 6 rings (SSSR count). The van der Waals surface area contributed by atoms with Gasteiger partial charge in [-0.15, -0.1) is 0 Å². The molecule has 1 atom stereocenters. The van der Waals surface area contributed by atoms with Crippen molar-refractivity contribution < 1.29 is 14.3 Å². The van der Waals surface area contributed by atoms with Gasteiger partial charge in [-0.3, -0.25) is 9.59 Å². The van der Waals surface area contributed by atoms with E-state index >= 15 is 0 Å². The van der Waals surface area contributed by atoms with Gasteiger partial charge in [0.05, 0.1) is 19.9 Å². The minimum Gasteiger partial charge on any atom is -0.496 e. The molecule has 0 spiro atoms. The number of hydrogen-bond donors (Lipinski definition) is 1. The lowest BCUT2D eigenvalue weighted by Crippen LogP contribution is -2.60. The van der Waals surface area contributed by atoms with E-state index in [4.69, 9.17) is 4.74 Å². The summed E-state index contributed by atoms with van der Waals surface area (Å²) >= 11 is 0. The first kappa shape index (κ1) is 19.5. The van der Waals surface area contributed by atoms with E-state index in [1.807, 2.05) is 54.6 Å². The summed E-state index contributed by atoms with van der Waals surface area (Å²) < 4.78 is 5.52. The third-order valence-corrected chi connectivity index (χ3v) is 6.63. The standard InChI is InChI=1S/C26H22N4O3/c1-33-24-11-10-16-6-2-3-7-17(16)20(24)13-27-30-15-25(31)29-14-22-19(12-23(29)26(30)32)18-8-4-5-9-21(18)28-22/h2-11,13,23,28H,12,14-15H2,1H3. The van der Waals surface area contributed by atoms with Crippen molar-refractivity contribution in [3.8, 4) is 5.75 Å². The number of hydrogen-bond acceptors (Lipinski definition) is 4. The van der Waals surface area contributed by atoms with Gasteiger partial charge in [0.25, 0.3) is 5.91 Å². The Kier molecular flexibility index (Phi) is 4.43. The molecular formula is C26H22N4O3. The number of H-pyrrole nitrogens is 1. The van der Waals surface area contributed by atoms with Gasteiger partial charge in [0.1, 0.15) is 18.3 Å². The highest BCUT2D eigenvalue weighted by Gasteiger charge is 2.43. The number of nitrogens with zero attached hydrogens (tertiary/aromatic N) is 3. The van der Waals surface area contributed by atoms with Crippen molar-refractivity contribution in [1.82, 2.24) is 14.9 Å². The number of amides is 2. The third-order valence-electron chi connectivity index (χ3n) is 6.63. The van der Waals surface area contributed by atoms with Crippen LogP contribution in [0.1, 0.15) is 16.8 Å². The van der Waals surface area contributed by atoms with Crippen LogP contribution in [0.4, 0.5) is 0 Å². The molecule has 7 heteroatoms. The Morgan fingerprint density at radius 2 is 1.79 bits per heavy atom. The average molecular weight is 438 g/mol. The predicted molar refractivity (Wildman–Crippen MR) is 126 cm³/mol. The largest absolute Gasteiger partial charge is 0.496 e. The first-order valence-corrected chi connectivity index (χ1v) is 10.9. The van der Waals surface area contributed by atoms with Crippen molar-refractivity contribution in [1.29, 1.82) is 0 Å². The van der Waals surface area contributed by atoms with Crippen molar-refractivity contribution >= 4 is 39.7 Å². The quantitative estimate of drug-likeness (QED) is 0.498. The van der Waals surface area contributed by atoms with Crippen molar-refractivity contribution in [3.63, 3.8) is 0 Å². The topological polar surface area (TPSA) is 78.0 Å². The fraction of sp³-hybridized carbons (Fsp3) is 0.192. The Bertz CT molecular complexity index is 1450. The first-order chi connectivity index (χ1) is 16.1. The highest BCUT2D eigenvalue weighted by Crippen LogP contribution is 2.33. The average Bonchev–Trinajstić information content (AvgIpc) is 3.22. The molecule has 2 aliphatic heterocycles. The highest BCUT2D eigenvalue weighted by atomic mass is 16.5.